The fourth-order valence-electron chi connectivity index (χ4n) is 2.35. The van der Waals surface area contributed by atoms with Crippen LogP contribution in [-0.2, 0) is 4.79 Å². The number of nitrogens with one attached hydrogen (secondary N) is 2. The lowest BCUT2D eigenvalue weighted by molar-refractivity contribution is -0.113. The van der Waals surface area contributed by atoms with E-state index in [4.69, 9.17) is 14.2 Å². The Labute approximate surface area is 176 Å². The van der Waals surface area contributed by atoms with E-state index in [2.05, 4.69) is 20.8 Å². The number of nitrogens with zero attached hydrogens (tertiary/aromatic N) is 2. The number of aromatic nitrogens is 2. The minimum atomic E-state index is -0.164. The maximum atomic E-state index is 12.3. The Kier molecular flexibility index (Phi) is 7.14. The highest BCUT2D eigenvalue weighted by Gasteiger charge is 2.10. The zero-order valence-corrected chi connectivity index (χ0v) is 17.7. The second-order valence-electron chi connectivity index (χ2n) is 5.67. The first-order chi connectivity index (χ1) is 14.1. The molecule has 1 amide bonds. The smallest absolute Gasteiger partial charge is 0.234 e. The maximum absolute atomic E-state index is 12.3. The van der Waals surface area contributed by atoms with E-state index in [1.807, 2.05) is 24.3 Å². The third kappa shape index (κ3) is 6.00. The Bertz CT molecular complexity index is 958. The summed E-state index contributed by atoms with van der Waals surface area (Å²) in [4.78, 5) is 12.3. The van der Waals surface area contributed by atoms with Crippen molar-refractivity contribution in [3.63, 3.8) is 0 Å². The number of rotatable bonds is 9. The van der Waals surface area contributed by atoms with Gasteiger partial charge in [0.1, 0.15) is 17.2 Å². The van der Waals surface area contributed by atoms with E-state index in [0.29, 0.717) is 26.7 Å². The molecule has 0 bridgehead atoms. The average molecular weight is 433 g/mol. The van der Waals surface area contributed by atoms with E-state index < -0.39 is 0 Å². The zero-order chi connectivity index (χ0) is 20.6. The van der Waals surface area contributed by atoms with Crippen molar-refractivity contribution in [2.75, 3.05) is 37.7 Å². The molecular weight excluding hydrogens is 412 g/mol. The van der Waals surface area contributed by atoms with Gasteiger partial charge < -0.3 is 24.8 Å². The van der Waals surface area contributed by atoms with E-state index in [0.717, 1.165) is 11.4 Å². The summed E-state index contributed by atoms with van der Waals surface area (Å²) in [6.45, 7) is 0. The van der Waals surface area contributed by atoms with Gasteiger partial charge >= 0.3 is 0 Å². The molecule has 0 unspecified atom stereocenters. The van der Waals surface area contributed by atoms with Crippen LogP contribution in [0.25, 0.3) is 0 Å². The van der Waals surface area contributed by atoms with Crippen LogP contribution in [0.5, 0.6) is 17.2 Å². The lowest BCUT2D eigenvalue weighted by Gasteiger charge is -2.09. The van der Waals surface area contributed by atoms with Crippen molar-refractivity contribution in [2.45, 2.75) is 4.34 Å². The topological polar surface area (TPSA) is 94.6 Å². The molecule has 0 aliphatic rings. The summed E-state index contributed by atoms with van der Waals surface area (Å²) in [5, 5.41) is 14.9. The Balaban J connectivity index is 1.54. The highest BCUT2D eigenvalue weighted by atomic mass is 32.2. The molecule has 8 nitrogen and oxygen atoms in total. The molecule has 1 heterocycles. The van der Waals surface area contributed by atoms with E-state index in [-0.39, 0.29) is 11.7 Å². The molecule has 3 aromatic rings. The van der Waals surface area contributed by atoms with Crippen molar-refractivity contribution in [2.24, 2.45) is 0 Å². The molecule has 3 rings (SSSR count). The second-order valence-corrected chi connectivity index (χ2v) is 7.87. The van der Waals surface area contributed by atoms with Gasteiger partial charge in [-0.05, 0) is 12.1 Å². The lowest BCUT2D eigenvalue weighted by Crippen LogP contribution is -2.14. The molecule has 0 aliphatic carbocycles. The van der Waals surface area contributed by atoms with Crippen LogP contribution in [0.3, 0.4) is 0 Å². The molecule has 2 N–H and O–H groups in total. The monoisotopic (exact) mass is 432 g/mol. The first-order valence-electron chi connectivity index (χ1n) is 8.50. The van der Waals surface area contributed by atoms with Crippen LogP contribution in [0, 0.1) is 0 Å². The zero-order valence-electron chi connectivity index (χ0n) is 16.1. The van der Waals surface area contributed by atoms with E-state index in [1.54, 1.807) is 39.5 Å². The molecule has 1 aromatic heterocycles. The standard InChI is InChI=1S/C19H20N4O4S2/c1-25-14-6-4-5-12(7-14)21-18-22-23-19(29-18)28-11-17(24)20-13-8-15(26-2)10-16(9-13)27-3/h4-10H,11H2,1-3H3,(H,20,24)(H,21,22). The van der Waals surface area contributed by atoms with Crippen LogP contribution in [0.1, 0.15) is 0 Å². The molecule has 0 aliphatic heterocycles. The number of amides is 1. The van der Waals surface area contributed by atoms with Gasteiger partial charge in [-0.3, -0.25) is 4.79 Å². The Hall–Kier alpha value is -2.98. The van der Waals surface area contributed by atoms with Crippen LogP contribution >= 0.6 is 23.1 Å². The predicted octanol–water partition coefficient (Wildman–Crippen LogP) is 4.04. The van der Waals surface area contributed by atoms with Crippen molar-refractivity contribution in [1.82, 2.24) is 10.2 Å². The Morgan fingerprint density at radius 3 is 2.34 bits per heavy atom. The summed E-state index contributed by atoms with van der Waals surface area (Å²) in [6.07, 6.45) is 0. The van der Waals surface area contributed by atoms with Crippen molar-refractivity contribution >= 4 is 45.5 Å². The largest absolute Gasteiger partial charge is 0.497 e. The van der Waals surface area contributed by atoms with Gasteiger partial charge in [0.25, 0.3) is 0 Å². The molecule has 0 saturated heterocycles. The van der Waals surface area contributed by atoms with Gasteiger partial charge in [0.05, 0.1) is 27.1 Å². The molecule has 152 valence electrons. The lowest BCUT2D eigenvalue weighted by atomic mass is 10.2. The normalized spacial score (nSPS) is 10.3. The van der Waals surface area contributed by atoms with Crippen LogP contribution in [-0.4, -0.2) is 43.2 Å². The maximum Gasteiger partial charge on any atom is 0.234 e. The number of methoxy groups -OCH3 is 3. The van der Waals surface area contributed by atoms with Gasteiger partial charge in [0.2, 0.25) is 11.0 Å². The second kappa shape index (κ2) is 9.99. The predicted molar refractivity (Wildman–Crippen MR) is 115 cm³/mol. The molecule has 0 radical (unpaired) electrons. The molecule has 0 saturated carbocycles. The molecule has 0 spiro atoms. The molecule has 2 aromatic carbocycles. The quantitative estimate of drug-likeness (QED) is 0.489. The number of carbonyl (C=O) groups excluding carboxylic acids is 1. The third-order valence-electron chi connectivity index (χ3n) is 3.69. The fourth-order valence-corrected chi connectivity index (χ4v) is 3.92. The highest BCUT2D eigenvalue weighted by Crippen LogP contribution is 2.29. The number of hydrogen-bond donors (Lipinski definition) is 2. The average Bonchev–Trinajstić information content (AvgIpc) is 3.19. The van der Waals surface area contributed by atoms with Gasteiger partial charge in [-0.2, -0.15) is 0 Å². The van der Waals surface area contributed by atoms with Crippen molar-refractivity contribution in [3.05, 3.63) is 42.5 Å². The molecule has 10 heteroatoms. The minimum absolute atomic E-state index is 0.164. The number of carbonyl (C=O) groups is 1. The number of thioether (sulfide) groups is 1. The third-order valence-corrected chi connectivity index (χ3v) is 5.66. The summed E-state index contributed by atoms with van der Waals surface area (Å²) >= 11 is 2.68. The van der Waals surface area contributed by atoms with Crippen molar-refractivity contribution < 1.29 is 19.0 Å². The summed E-state index contributed by atoms with van der Waals surface area (Å²) in [6, 6.07) is 12.7. The van der Waals surface area contributed by atoms with Crippen molar-refractivity contribution in [1.29, 1.82) is 0 Å². The first kappa shape index (κ1) is 20.7. The summed E-state index contributed by atoms with van der Waals surface area (Å²) in [5.41, 5.74) is 1.45. The Morgan fingerprint density at radius 1 is 0.966 bits per heavy atom. The summed E-state index contributed by atoms with van der Waals surface area (Å²) in [7, 11) is 4.73. The summed E-state index contributed by atoms with van der Waals surface area (Å²) in [5.74, 6) is 1.99. The molecule has 29 heavy (non-hydrogen) atoms. The molecule has 0 fully saturated rings. The van der Waals surface area contributed by atoms with E-state index in [1.165, 1.54) is 23.1 Å². The van der Waals surface area contributed by atoms with Crippen LogP contribution < -0.4 is 24.8 Å². The van der Waals surface area contributed by atoms with Crippen LogP contribution in [0.4, 0.5) is 16.5 Å². The Morgan fingerprint density at radius 2 is 1.66 bits per heavy atom. The SMILES string of the molecule is COc1cccc(Nc2nnc(SCC(=O)Nc3cc(OC)cc(OC)c3)s2)c1. The summed E-state index contributed by atoms with van der Waals surface area (Å²) < 4.78 is 16.3. The fraction of sp³-hybridized carbons (Fsp3) is 0.211. The number of ether oxygens (including phenoxy) is 3. The van der Waals surface area contributed by atoms with Gasteiger partial charge in [0, 0.05) is 35.6 Å². The van der Waals surface area contributed by atoms with Gasteiger partial charge in [0.15, 0.2) is 4.34 Å². The van der Waals surface area contributed by atoms with Gasteiger partial charge in [-0.15, -0.1) is 10.2 Å². The molecule has 0 atom stereocenters. The van der Waals surface area contributed by atoms with E-state index >= 15 is 0 Å². The first-order valence-corrected chi connectivity index (χ1v) is 10.3. The number of anilines is 3. The highest BCUT2D eigenvalue weighted by molar-refractivity contribution is 8.01. The minimum Gasteiger partial charge on any atom is -0.497 e. The number of hydrogen-bond acceptors (Lipinski definition) is 9. The molecular formula is C19H20N4O4S2. The number of benzene rings is 2. The van der Waals surface area contributed by atoms with Crippen LogP contribution in [0.2, 0.25) is 0 Å². The van der Waals surface area contributed by atoms with E-state index in [9.17, 15) is 4.79 Å². The van der Waals surface area contributed by atoms with Crippen molar-refractivity contribution in [3.8, 4) is 17.2 Å². The van der Waals surface area contributed by atoms with Gasteiger partial charge in [-0.25, -0.2) is 0 Å². The van der Waals surface area contributed by atoms with Crippen LogP contribution in [0.15, 0.2) is 46.8 Å². The van der Waals surface area contributed by atoms with Gasteiger partial charge in [-0.1, -0.05) is 29.2 Å².